The van der Waals surface area contributed by atoms with Gasteiger partial charge < -0.3 is 19.7 Å². The molecule has 0 spiro atoms. The lowest BCUT2D eigenvalue weighted by atomic mass is 9.97. The van der Waals surface area contributed by atoms with Crippen LogP contribution in [0.2, 0.25) is 0 Å². The number of piperidine rings is 1. The van der Waals surface area contributed by atoms with E-state index in [2.05, 4.69) is 33.4 Å². The van der Waals surface area contributed by atoms with E-state index in [1.54, 1.807) is 14.2 Å². The number of nitrogens with one attached hydrogen (secondary N) is 1. The van der Waals surface area contributed by atoms with E-state index in [-0.39, 0.29) is 11.9 Å². The summed E-state index contributed by atoms with van der Waals surface area (Å²) in [5, 5.41) is 3.41. The molecule has 1 aliphatic heterocycles. The van der Waals surface area contributed by atoms with Gasteiger partial charge in [0, 0.05) is 33.8 Å². The van der Waals surface area contributed by atoms with E-state index in [4.69, 9.17) is 9.47 Å². The zero-order valence-electron chi connectivity index (χ0n) is 15.5. The molecule has 6 heteroatoms. The predicted molar refractivity (Wildman–Crippen MR) is 98.3 cm³/mol. The molecule has 1 aromatic rings. The lowest BCUT2D eigenvalue weighted by Crippen LogP contribution is -2.46. The van der Waals surface area contributed by atoms with Gasteiger partial charge in [0.25, 0.3) is 0 Å². The van der Waals surface area contributed by atoms with E-state index < -0.39 is 0 Å². The molecule has 0 saturated carbocycles. The highest BCUT2D eigenvalue weighted by Crippen LogP contribution is 2.19. The Balaban J connectivity index is 1.85. The van der Waals surface area contributed by atoms with Gasteiger partial charge >= 0.3 is 5.97 Å². The average molecular weight is 347 g/mol. The summed E-state index contributed by atoms with van der Waals surface area (Å²) in [7, 11) is 3.49. The minimum Gasteiger partial charge on any atom is -0.466 e. The molecule has 1 heterocycles. The first-order valence-corrected chi connectivity index (χ1v) is 8.87. The Hall–Kier alpha value is -2.08. The number of esters is 1. The number of hydrogen-bond acceptors (Lipinski definition) is 4. The molecule has 0 aromatic heterocycles. The smallest absolute Gasteiger partial charge is 0.309 e. The van der Waals surface area contributed by atoms with Crippen molar-refractivity contribution in [1.29, 1.82) is 0 Å². The molecule has 1 N–H and O–H groups in total. The first-order chi connectivity index (χ1) is 12.2. The van der Waals surface area contributed by atoms with Crippen LogP contribution in [-0.2, 0) is 27.4 Å². The van der Waals surface area contributed by atoms with Gasteiger partial charge in [0.2, 0.25) is 0 Å². The fourth-order valence-corrected chi connectivity index (χ4v) is 3.10. The maximum Gasteiger partial charge on any atom is 0.309 e. The maximum absolute atomic E-state index is 11.8. The number of rotatable bonds is 6. The van der Waals surface area contributed by atoms with Crippen molar-refractivity contribution in [1.82, 2.24) is 10.2 Å². The van der Waals surface area contributed by atoms with Crippen molar-refractivity contribution >= 4 is 11.9 Å². The highest BCUT2D eigenvalue weighted by molar-refractivity contribution is 5.80. The van der Waals surface area contributed by atoms with Crippen LogP contribution in [0.4, 0.5) is 0 Å². The lowest BCUT2D eigenvalue weighted by Gasteiger charge is -2.33. The predicted octanol–water partition coefficient (Wildman–Crippen LogP) is 2.18. The van der Waals surface area contributed by atoms with Crippen molar-refractivity contribution in [3.8, 4) is 0 Å². The van der Waals surface area contributed by atoms with Crippen molar-refractivity contribution in [2.45, 2.75) is 32.9 Å². The number of carbonyl (C=O) groups is 1. The number of guanidine groups is 1. The Bertz CT molecular complexity index is 581. The molecular formula is C19H29N3O3. The molecule has 0 amide bonds. The molecule has 0 unspecified atom stereocenters. The van der Waals surface area contributed by atoms with E-state index in [1.807, 2.05) is 13.0 Å². The van der Waals surface area contributed by atoms with Gasteiger partial charge in [0.05, 0.1) is 19.1 Å². The molecule has 1 saturated heterocycles. The number of hydrogen-bond donors (Lipinski definition) is 1. The Morgan fingerprint density at radius 2 is 2.04 bits per heavy atom. The van der Waals surface area contributed by atoms with Crippen molar-refractivity contribution < 1.29 is 14.3 Å². The molecule has 0 bridgehead atoms. The van der Waals surface area contributed by atoms with E-state index in [9.17, 15) is 4.79 Å². The molecule has 1 aromatic carbocycles. The Labute approximate surface area is 150 Å². The van der Waals surface area contributed by atoms with Gasteiger partial charge in [-0.3, -0.25) is 9.79 Å². The molecule has 0 aliphatic carbocycles. The summed E-state index contributed by atoms with van der Waals surface area (Å²) < 4.78 is 10.3. The quantitative estimate of drug-likeness (QED) is 0.485. The zero-order valence-corrected chi connectivity index (χ0v) is 15.5. The molecule has 1 aliphatic rings. The van der Waals surface area contributed by atoms with E-state index >= 15 is 0 Å². The van der Waals surface area contributed by atoms with Crippen LogP contribution in [0.3, 0.4) is 0 Å². The van der Waals surface area contributed by atoms with E-state index in [0.717, 1.165) is 37.5 Å². The fourth-order valence-electron chi connectivity index (χ4n) is 3.10. The fraction of sp³-hybridized carbons (Fsp3) is 0.579. The molecule has 6 nitrogen and oxygen atoms in total. The minimum absolute atomic E-state index is 0.0139. The van der Waals surface area contributed by atoms with Crippen LogP contribution in [-0.4, -0.2) is 50.7 Å². The molecular weight excluding hydrogens is 318 g/mol. The number of aliphatic imine (C=N–C) groups is 1. The number of likely N-dealkylation sites (tertiary alicyclic amines) is 1. The Kier molecular flexibility index (Phi) is 7.73. The second kappa shape index (κ2) is 10.0. The van der Waals surface area contributed by atoms with Crippen LogP contribution >= 0.6 is 0 Å². The van der Waals surface area contributed by atoms with Gasteiger partial charge in [-0.1, -0.05) is 24.3 Å². The average Bonchev–Trinajstić information content (AvgIpc) is 2.63. The van der Waals surface area contributed by atoms with Crippen LogP contribution in [0.5, 0.6) is 0 Å². The minimum atomic E-state index is -0.0694. The second-order valence-electron chi connectivity index (χ2n) is 6.17. The molecule has 25 heavy (non-hydrogen) atoms. The van der Waals surface area contributed by atoms with Crippen LogP contribution < -0.4 is 5.32 Å². The molecule has 0 radical (unpaired) electrons. The van der Waals surface area contributed by atoms with E-state index in [0.29, 0.717) is 19.8 Å². The lowest BCUT2D eigenvalue weighted by molar-refractivity contribution is -0.149. The number of ether oxygens (including phenoxy) is 2. The van der Waals surface area contributed by atoms with Crippen LogP contribution in [0, 0.1) is 5.92 Å². The first-order valence-electron chi connectivity index (χ1n) is 8.87. The SMILES string of the molecule is CCOC(=O)C1CCN(C(=NC)NCc2cccc(COC)c2)CC1. The van der Waals surface area contributed by atoms with Crippen molar-refractivity contribution in [3.63, 3.8) is 0 Å². The Morgan fingerprint density at radius 3 is 2.68 bits per heavy atom. The highest BCUT2D eigenvalue weighted by atomic mass is 16.5. The number of methoxy groups -OCH3 is 1. The van der Waals surface area contributed by atoms with Crippen molar-refractivity contribution in [2.75, 3.05) is 33.9 Å². The second-order valence-corrected chi connectivity index (χ2v) is 6.17. The first kappa shape index (κ1) is 19.2. The van der Waals surface area contributed by atoms with Gasteiger partial charge in [-0.2, -0.15) is 0 Å². The zero-order chi connectivity index (χ0) is 18.1. The molecule has 138 valence electrons. The van der Waals surface area contributed by atoms with Gasteiger partial charge in [-0.15, -0.1) is 0 Å². The van der Waals surface area contributed by atoms with Gasteiger partial charge in [0.1, 0.15) is 0 Å². The monoisotopic (exact) mass is 347 g/mol. The largest absolute Gasteiger partial charge is 0.466 e. The molecule has 1 fully saturated rings. The summed E-state index contributed by atoms with van der Waals surface area (Å²) in [6.45, 7) is 5.25. The van der Waals surface area contributed by atoms with Crippen LogP contribution in [0.25, 0.3) is 0 Å². The summed E-state index contributed by atoms with van der Waals surface area (Å²) in [5.41, 5.74) is 2.35. The van der Waals surface area contributed by atoms with Gasteiger partial charge in [-0.05, 0) is 30.9 Å². The summed E-state index contributed by atoms with van der Waals surface area (Å²) in [6, 6.07) is 8.32. The van der Waals surface area contributed by atoms with Crippen molar-refractivity contribution in [2.24, 2.45) is 10.9 Å². The van der Waals surface area contributed by atoms with E-state index in [1.165, 1.54) is 5.56 Å². The number of benzene rings is 1. The maximum atomic E-state index is 11.8. The molecule has 0 atom stereocenters. The summed E-state index contributed by atoms with van der Waals surface area (Å²) in [4.78, 5) is 18.4. The number of nitrogens with zero attached hydrogens (tertiary/aromatic N) is 2. The summed E-state index contributed by atoms with van der Waals surface area (Å²) >= 11 is 0. The number of carbonyl (C=O) groups excluding carboxylic acids is 1. The summed E-state index contributed by atoms with van der Waals surface area (Å²) in [6.07, 6.45) is 1.62. The summed E-state index contributed by atoms with van der Waals surface area (Å²) in [5.74, 6) is 0.819. The third kappa shape index (κ3) is 5.74. The van der Waals surface area contributed by atoms with Gasteiger partial charge in [0.15, 0.2) is 5.96 Å². The van der Waals surface area contributed by atoms with Crippen LogP contribution in [0.1, 0.15) is 30.9 Å². The highest BCUT2D eigenvalue weighted by Gasteiger charge is 2.27. The van der Waals surface area contributed by atoms with Gasteiger partial charge in [-0.25, -0.2) is 0 Å². The van der Waals surface area contributed by atoms with Crippen molar-refractivity contribution in [3.05, 3.63) is 35.4 Å². The normalized spacial score (nSPS) is 16.0. The Morgan fingerprint density at radius 1 is 1.32 bits per heavy atom. The third-order valence-electron chi connectivity index (χ3n) is 4.38. The third-order valence-corrected chi connectivity index (χ3v) is 4.38. The standard InChI is InChI=1S/C19H29N3O3/c1-4-25-18(23)17-8-10-22(11-9-17)19(20-2)21-13-15-6-5-7-16(12-15)14-24-3/h5-7,12,17H,4,8-11,13-14H2,1-3H3,(H,20,21). The van der Waals surface area contributed by atoms with Crippen LogP contribution in [0.15, 0.2) is 29.3 Å². The molecule has 2 rings (SSSR count). The topological polar surface area (TPSA) is 63.2 Å².